The number of Topliss-reactive ketones (excluding diaryl/α,β-unsaturated/α-hetero) is 1. The number of hydrogen-bond acceptors (Lipinski definition) is 4. The van der Waals surface area contributed by atoms with E-state index < -0.39 is 0 Å². The largest absolute Gasteiger partial charge is 0.342 e. The van der Waals surface area contributed by atoms with Gasteiger partial charge >= 0.3 is 0 Å². The average molecular weight is 499 g/mol. The molecule has 2 aliphatic rings. The standard InChI is InChI=1S/C30H34N4O3/c1-20-17-27(33(3)31-20)30(37)32(2)26(18-21-9-5-4-6-10-21)22-13-15-34(16-14-22)29(36)25-19-28(35)24-12-8-7-11-23(24)25/h4-12,17,22,25-26H,13-16,18-19H2,1-3H3/t25-,26+/m1/s1. The minimum atomic E-state index is -0.377. The number of nitrogens with zero attached hydrogens (tertiary/aromatic N) is 4. The highest BCUT2D eigenvalue weighted by atomic mass is 16.2. The Labute approximate surface area is 218 Å². The van der Waals surface area contributed by atoms with Crippen LogP contribution >= 0.6 is 0 Å². The zero-order valence-corrected chi connectivity index (χ0v) is 21.8. The summed E-state index contributed by atoms with van der Waals surface area (Å²) in [4.78, 5) is 43.2. The van der Waals surface area contributed by atoms with Crippen LogP contribution in [0.5, 0.6) is 0 Å². The number of hydrogen-bond donors (Lipinski definition) is 0. The van der Waals surface area contributed by atoms with Gasteiger partial charge in [0.2, 0.25) is 5.91 Å². The third-order valence-electron chi connectivity index (χ3n) is 8.05. The molecule has 7 heteroatoms. The van der Waals surface area contributed by atoms with Crippen LogP contribution in [0, 0.1) is 12.8 Å². The molecule has 0 unspecified atom stereocenters. The quantitative estimate of drug-likeness (QED) is 0.515. The van der Waals surface area contributed by atoms with Gasteiger partial charge in [-0.15, -0.1) is 0 Å². The number of carbonyl (C=O) groups is 3. The van der Waals surface area contributed by atoms with Gasteiger partial charge in [-0.1, -0.05) is 54.6 Å². The van der Waals surface area contributed by atoms with Crippen molar-refractivity contribution in [2.75, 3.05) is 20.1 Å². The van der Waals surface area contributed by atoms with Gasteiger partial charge in [0.05, 0.1) is 11.6 Å². The predicted octanol–water partition coefficient (Wildman–Crippen LogP) is 4.02. The fraction of sp³-hybridized carbons (Fsp3) is 0.400. The van der Waals surface area contributed by atoms with Crippen molar-refractivity contribution >= 4 is 17.6 Å². The molecular formula is C30H34N4O3. The Morgan fingerprint density at radius 2 is 1.73 bits per heavy atom. The smallest absolute Gasteiger partial charge is 0.272 e. The summed E-state index contributed by atoms with van der Waals surface area (Å²) in [5.74, 6) is -0.0604. The Balaban J connectivity index is 1.31. The number of piperidine rings is 1. The molecule has 3 aromatic rings. The summed E-state index contributed by atoms with van der Waals surface area (Å²) in [6, 6.07) is 19.6. The Bertz CT molecular complexity index is 1310. The van der Waals surface area contributed by atoms with E-state index in [1.165, 1.54) is 5.56 Å². The molecule has 1 aliphatic heterocycles. The van der Waals surface area contributed by atoms with Gasteiger partial charge in [-0.2, -0.15) is 5.10 Å². The molecule has 0 saturated carbocycles. The van der Waals surface area contributed by atoms with Gasteiger partial charge in [0.25, 0.3) is 5.91 Å². The van der Waals surface area contributed by atoms with Crippen LogP contribution < -0.4 is 0 Å². The van der Waals surface area contributed by atoms with Crippen molar-refractivity contribution in [1.82, 2.24) is 19.6 Å². The Kier molecular flexibility index (Phi) is 6.96. The van der Waals surface area contributed by atoms with Crippen molar-refractivity contribution in [2.24, 2.45) is 13.0 Å². The van der Waals surface area contributed by atoms with Crippen LogP contribution in [0.2, 0.25) is 0 Å². The molecule has 2 heterocycles. The maximum absolute atomic E-state index is 13.5. The lowest BCUT2D eigenvalue weighted by Gasteiger charge is -2.40. The molecule has 0 radical (unpaired) electrons. The highest BCUT2D eigenvalue weighted by Gasteiger charge is 2.39. The fourth-order valence-electron chi connectivity index (χ4n) is 6.02. The number of carbonyl (C=O) groups excluding carboxylic acids is 3. The van der Waals surface area contributed by atoms with E-state index in [1.54, 1.807) is 11.7 Å². The highest BCUT2D eigenvalue weighted by molar-refractivity contribution is 6.06. The van der Waals surface area contributed by atoms with Gasteiger partial charge in [-0.3, -0.25) is 19.1 Å². The van der Waals surface area contributed by atoms with Gasteiger partial charge in [0.1, 0.15) is 5.69 Å². The normalized spacial score (nSPS) is 18.5. The molecular weight excluding hydrogens is 464 g/mol. The van der Waals surface area contributed by atoms with Crippen LogP contribution in [0.4, 0.5) is 0 Å². The van der Waals surface area contributed by atoms with Gasteiger partial charge in [-0.25, -0.2) is 0 Å². The van der Waals surface area contributed by atoms with Crippen LogP contribution in [0.1, 0.15) is 62.8 Å². The minimum absolute atomic E-state index is 0.00357. The van der Waals surface area contributed by atoms with Crippen LogP contribution in [0.25, 0.3) is 0 Å². The number of rotatable bonds is 6. The fourth-order valence-corrected chi connectivity index (χ4v) is 6.02. The average Bonchev–Trinajstić information content (AvgIpc) is 3.44. The molecule has 1 saturated heterocycles. The van der Waals surface area contributed by atoms with Crippen molar-refractivity contribution in [3.63, 3.8) is 0 Å². The number of likely N-dealkylation sites (tertiary alicyclic amines) is 1. The topological polar surface area (TPSA) is 75.5 Å². The lowest BCUT2D eigenvalue weighted by Crippen LogP contribution is -2.49. The number of ketones is 1. The number of benzene rings is 2. The van der Waals surface area contributed by atoms with E-state index in [4.69, 9.17) is 0 Å². The van der Waals surface area contributed by atoms with Crippen LogP contribution in [-0.2, 0) is 18.3 Å². The summed E-state index contributed by atoms with van der Waals surface area (Å²) < 4.78 is 1.65. The Morgan fingerprint density at radius 3 is 2.41 bits per heavy atom. The number of amides is 2. The molecule has 2 atom stereocenters. The molecule has 192 valence electrons. The van der Waals surface area contributed by atoms with E-state index in [2.05, 4.69) is 17.2 Å². The third-order valence-corrected chi connectivity index (χ3v) is 8.05. The summed E-state index contributed by atoms with van der Waals surface area (Å²) in [5, 5.41) is 4.36. The summed E-state index contributed by atoms with van der Waals surface area (Å²) >= 11 is 0. The summed E-state index contributed by atoms with van der Waals surface area (Å²) in [6.45, 7) is 3.16. The molecule has 2 amide bonds. The first-order chi connectivity index (χ1) is 17.8. The number of aryl methyl sites for hydroxylation is 2. The van der Waals surface area contributed by atoms with Crippen LogP contribution in [0.3, 0.4) is 0 Å². The number of fused-ring (bicyclic) bond motifs is 1. The van der Waals surface area contributed by atoms with Crippen LogP contribution in [-0.4, -0.2) is 63.4 Å². The molecule has 0 N–H and O–H groups in total. The van der Waals surface area contributed by atoms with Crippen molar-refractivity contribution < 1.29 is 14.4 Å². The second-order valence-corrected chi connectivity index (χ2v) is 10.4. The second-order valence-electron chi connectivity index (χ2n) is 10.4. The Hall–Kier alpha value is -3.74. The maximum atomic E-state index is 13.5. The lowest BCUT2D eigenvalue weighted by atomic mass is 9.84. The molecule has 1 fully saturated rings. The zero-order chi connectivity index (χ0) is 26.1. The second kappa shape index (κ2) is 10.3. The van der Waals surface area contributed by atoms with Crippen molar-refractivity contribution in [3.8, 4) is 0 Å². The summed E-state index contributed by atoms with van der Waals surface area (Å²) in [7, 11) is 3.69. The van der Waals surface area contributed by atoms with Crippen molar-refractivity contribution in [3.05, 3.63) is 88.7 Å². The SMILES string of the molecule is Cc1cc(C(=O)N(C)[C@@H](Cc2ccccc2)C2CCN(C(=O)[C@@H]3CC(=O)c4ccccc43)CC2)n(C)n1. The number of aromatic nitrogens is 2. The molecule has 0 bridgehead atoms. The van der Waals surface area contributed by atoms with E-state index in [1.807, 2.05) is 72.3 Å². The molecule has 1 aromatic heterocycles. The molecule has 0 spiro atoms. The van der Waals surface area contributed by atoms with E-state index in [9.17, 15) is 14.4 Å². The third kappa shape index (κ3) is 4.95. The van der Waals surface area contributed by atoms with E-state index in [0.29, 0.717) is 24.3 Å². The van der Waals surface area contributed by atoms with Gasteiger partial charge in [0, 0.05) is 45.2 Å². The molecule has 1 aliphatic carbocycles. The molecule has 5 rings (SSSR count). The van der Waals surface area contributed by atoms with Gasteiger partial charge < -0.3 is 9.80 Å². The first-order valence-corrected chi connectivity index (χ1v) is 13.1. The van der Waals surface area contributed by atoms with E-state index in [-0.39, 0.29) is 41.9 Å². The monoisotopic (exact) mass is 498 g/mol. The predicted molar refractivity (Wildman–Crippen MR) is 141 cm³/mol. The summed E-state index contributed by atoms with van der Waals surface area (Å²) in [6.07, 6.45) is 2.64. The van der Waals surface area contributed by atoms with Gasteiger partial charge in [-0.05, 0) is 49.3 Å². The lowest BCUT2D eigenvalue weighted by molar-refractivity contribution is -0.134. The maximum Gasteiger partial charge on any atom is 0.272 e. The van der Waals surface area contributed by atoms with E-state index >= 15 is 0 Å². The summed E-state index contributed by atoms with van der Waals surface area (Å²) in [5.41, 5.74) is 4.13. The highest BCUT2D eigenvalue weighted by Crippen LogP contribution is 2.36. The van der Waals surface area contributed by atoms with Gasteiger partial charge in [0.15, 0.2) is 5.78 Å². The van der Waals surface area contributed by atoms with E-state index in [0.717, 1.165) is 30.5 Å². The zero-order valence-electron chi connectivity index (χ0n) is 21.8. The van der Waals surface area contributed by atoms with Crippen molar-refractivity contribution in [1.29, 1.82) is 0 Å². The number of likely N-dealkylation sites (N-methyl/N-ethyl adjacent to an activating group) is 1. The first-order valence-electron chi connectivity index (χ1n) is 13.1. The molecule has 2 aromatic carbocycles. The molecule has 37 heavy (non-hydrogen) atoms. The minimum Gasteiger partial charge on any atom is -0.342 e. The van der Waals surface area contributed by atoms with Crippen LogP contribution in [0.15, 0.2) is 60.7 Å². The molecule has 7 nitrogen and oxygen atoms in total. The first kappa shape index (κ1) is 24.9. The van der Waals surface area contributed by atoms with Crippen molar-refractivity contribution in [2.45, 2.75) is 44.6 Å². The Morgan fingerprint density at radius 1 is 1.05 bits per heavy atom.